The zero-order valence-electron chi connectivity index (χ0n) is 11.4. The molecule has 0 aliphatic heterocycles. The number of nitro groups is 1. The molecule has 0 bridgehead atoms. The Balaban J connectivity index is 2.14. The summed E-state index contributed by atoms with van der Waals surface area (Å²) >= 11 is 5.97. The molecule has 0 aliphatic carbocycles. The number of benzene rings is 1. The molecule has 0 unspecified atom stereocenters. The van der Waals surface area contributed by atoms with Crippen LogP contribution in [0.15, 0.2) is 36.5 Å². The van der Waals surface area contributed by atoms with Gasteiger partial charge in [-0.15, -0.1) is 0 Å². The Labute approximate surface area is 126 Å². The molecule has 0 aliphatic rings. The highest BCUT2D eigenvalue weighted by atomic mass is 35.5. The number of nitro benzene ring substituents is 1. The molecule has 0 radical (unpaired) electrons. The number of nitrogens with zero attached hydrogens (tertiary/aromatic N) is 2. The van der Waals surface area contributed by atoms with Crippen molar-refractivity contribution in [3.63, 3.8) is 0 Å². The summed E-state index contributed by atoms with van der Waals surface area (Å²) in [5.74, 6) is 0.537. The van der Waals surface area contributed by atoms with Crippen LogP contribution in [0.2, 0.25) is 5.02 Å². The van der Waals surface area contributed by atoms with E-state index < -0.39 is 4.92 Å². The zero-order chi connectivity index (χ0) is 15.2. The van der Waals surface area contributed by atoms with Crippen LogP contribution in [-0.2, 0) is 6.54 Å². The third-order valence-electron chi connectivity index (χ3n) is 2.72. The highest BCUT2D eigenvalue weighted by molar-refractivity contribution is 6.32. The predicted octanol–water partition coefficient (Wildman–Crippen LogP) is 3.55. The Morgan fingerprint density at radius 2 is 2.19 bits per heavy atom. The molecule has 7 heteroatoms. The van der Waals surface area contributed by atoms with Crippen LogP contribution in [0.4, 0.5) is 5.69 Å². The summed E-state index contributed by atoms with van der Waals surface area (Å²) < 4.78 is 5.49. The topological polar surface area (TPSA) is 77.3 Å². The number of ether oxygens (including phenoxy) is 1. The van der Waals surface area contributed by atoms with Crippen LogP contribution in [0.1, 0.15) is 12.5 Å². The summed E-state index contributed by atoms with van der Waals surface area (Å²) in [6, 6.07) is 7.59. The van der Waals surface area contributed by atoms with E-state index in [9.17, 15) is 10.1 Å². The van der Waals surface area contributed by atoms with Gasteiger partial charge in [0.15, 0.2) is 5.75 Å². The lowest BCUT2D eigenvalue weighted by atomic mass is 10.3. The molecule has 2 rings (SSSR count). The number of nitrogens with one attached hydrogen (secondary N) is 1. The Kier molecular flexibility index (Phi) is 5.08. The number of pyridine rings is 1. The summed E-state index contributed by atoms with van der Waals surface area (Å²) in [4.78, 5) is 14.4. The molecule has 1 aromatic heterocycles. The van der Waals surface area contributed by atoms with Gasteiger partial charge in [0.25, 0.3) is 5.69 Å². The molecule has 0 fully saturated rings. The van der Waals surface area contributed by atoms with Crippen LogP contribution in [0.3, 0.4) is 0 Å². The van der Waals surface area contributed by atoms with Gasteiger partial charge in [-0.25, -0.2) is 4.98 Å². The standard InChI is InChI=1S/C14H14ClN3O3/c1-2-16-8-10-3-6-14(17-9-10)21-13-7-11(18(19)20)4-5-12(13)15/h3-7,9,16H,2,8H2,1H3. The molecule has 0 saturated heterocycles. The van der Waals surface area contributed by atoms with Crippen molar-refractivity contribution in [2.45, 2.75) is 13.5 Å². The number of non-ortho nitro benzene ring substituents is 1. The van der Waals surface area contributed by atoms with Gasteiger partial charge in [0.05, 0.1) is 16.0 Å². The van der Waals surface area contributed by atoms with E-state index >= 15 is 0 Å². The van der Waals surface area contributed by atoms with Gasteiger partial charge in [0, 0.05) is 24.9 Å². The lowest BCUT2D eigenvalue weighted by Gasteiger charge is -2.07. The summed E-state index contributed by atoms with van der Waals surface area (Å²) in [5, 5.41) is 14.2. The second-order valence-electron chi connectivity index (χ2n) is 4.26. The third kappa shape index (κ3) is 4.14. The maximum Gasteiger partial charge on any atom is 0.273 e. The minimum atomic E-state index is -0.504. The van der Waals surface area contributed by atoms with Crippen LogP contribution >= 0.6 is 11.6 Å². The van der Waals surface area contributed by atoms with Gasteiger partial charge in [-0.05, 0) is 18.2 Å². The molecule has 2 aromatic rings. The predicted molar refractivity (Wildman–Crippen MR) is 79.8 cm³/mol. The molecule has 6 nitrogen and oxygen atoms in total. The Morgan fingerprint density at radius 3 is 2.81 bits per heavy atom. The minimum Gasteiger partial charge on any atom is -0.437 e. The maximum atomic E-state index is 10.7. The van der Waals surface area contributed by atoms with Crippen LogP contribution in [0.5, 0.6) is 11.6 Å². The number of hydrogen-bond acceptors (Lipinski definition) is 5. The van der Waals surface area contributed by atoms with Crippen LogP contribution < -0.4 is 10.1 Å². The van der Waals surface area contributed by atoms with Crippen molar-refractivity contribution >= 4 is 17.3 Å². The molecule has 0 atom stereocenters. The second-order valence-corrected chi connectivity index (χ2v) is 4.67. The summed E-state index contributed by atoms with van der Waals surface area (Å²) in [6.45, 7) is 3.62. The zero-order valence-corrected chi connectivity index (χ0v) is 12.1. The van der Waals surface area contributed by atoms with E-state index in [1.54, 1.807) is 12.3 Å². The first kappa shape index (κ1) is 15.2. The Morgan fingerprint density at radius 1 is 1.38 bits per heavy atom. The molecular formula is C14H14ClN3O3. The normalized spacial score (nSPS) is 10.4. The van der Waals surface area contributed by atoms with Crippen LogP contribution in [0.25, 0.3) is 0 Å². The summed E-state index contributed by atoms with van der Waals surface area (Å²) in [6.07, 6.45) is 1.68. The van der Waals surface area contributed by atoms with Gasteiger partial charge in [0.2, 0.25) is 5.88 Å². The van der Waals surface area contributed by atoms with E-state index in [1.807, 2.05) is 13.0 Å². The first-order valence-electron chi connectivity index (χ1n) is 6.37. The molecule has 0 amide bonds. The van der Waals surface area contributed by atoms with E-state index in [-0.39, 0.29) is 11.4 Å². The monoisotopic (exact) mass is 307 g/mol. The first-order valence-corrected chi connectivity index (χ1v) is 6.75. The van der Waals surface area contributed by atoms with Gasteiger partial charge in [0.1, 0.15) is 0 Å². The summed E-state index contributed by atoms with van der Waals surface area (Å²) in [7, 11) is 0. The number of rotatable bonds is 6. The van der Waals surface area contributed by atoms with Gasteiger partial charge in [-0.1, -0.05) is 24.6 Å². The van der Waals surface area contributed by atoms with Crippen molar-refractivity contribution in [3.05, 3.63) is 57.2 Å². The smallest absolute Gasteiger partial charge is 0.273 e. The molecule has 0 spiro atoms. The Hall–Kier alpha value is -2.18. The average molecular weight is 308 g/mol. The second kappa shape index (κ2) is 7.01. The maximum absolute atomic E-state index is 10.7. The SMILES string of the molecule is CCNCc1ccc(Oc2cc([N+](=O)[O-])ccc2Cl)nc1. The fourth-order valence-electron chi connectivity index (χ4n) is 1.64. The molecule has 1 N–H and O–H groups in total. The van der Waals surface area contributed by atoms with E-state index in [1.165, 1.54) is 18.2 Å². The van der Waals surface area contributed by atoms with Crippen molar-refractivity contribution in [3.8, 4) is 11.6 Å². The van der Waals surface area contributed by atoms with Crippen molar-refractivity contribution in [1.82, 2.24) is 10.3 Å². The third-order valence-corrected chi connectivity index (χ3v) is 3.03. The van der Waals surface area contributed by atoms with Crippen molar-refractivity contribution in [2.75, 3.05) is 6.54 Å². The van der Waals surface area contributed by atoms with Crippen molar-refractivity contribution in [2.24, 2.45) is 0 Å². The Bertz CT molecular complexity index is 632. The highest BCUT2D eigenvalue weighted by Gasteiger charge is 2.12. The van der Waals surface area contributed by atoms with Gasteiger partial charge in [-0.2, -0.15) is 0 Å². The molecular weight excluding hydrogens is 294 g/mol. The van der Waals surface area contributed by atoms with Gasteiger partial charge >= 0.3 is 0 Å². The quantitative estimate of drug-likeness (QED) is 0.652. The first-order chi connectivity index (χ1) is 10.1. The largest absolute Gasteiger partial charge is 0.437 e. The van der Waals surface area contributed by atoms with Gasteiger partial charge < -0.3 is 10.1 Å². The number of halogens is 1. The molecule has 0 saturated carbocycles. The lowest BCUT2D eigenvalue weighted by Crippen LogP contribution is -2.11. The fourth-order valence-corrected chi connectivity index (χ4v) is 1.80. The highest BCUT2D eigenvalue weighted by Crippen LogP contribution is 2.31. The van der Waals surface area contributed by atoms with Crippen LogP contribution in [-0.4, -0.2) is 16.5 Å². The molecule has 1 aromatic carbocycles. The van der Waals surface area contributed by atoms with Gasteiger partial charge in [-0.3, -0.25) is 10.1 Å². The van der Waals surface area contributed by atoms with E-state index in [0.717, 1.165) is 18.7 Å². The molecule has 110 valence electrons. The fraction of sp³-hybridized carbons (Fsp3) is 0.214. The van der Waals surface area contributed by atoms with E-state index in [4.69, 9.17) is 16.3 Å². The molecule has 21 heavy (non-hydrogen) atoms. The molecule has 1 heterocycles. The van der Waals surface area contributed by atoms with E-state index in [0.29, 0.717) is 10.9 Å². The average Bonchev–Trinajstić information content (AvgIpc) is 2.48. The van der Waals surface area contributed by atoms with Crippen molar-refractivity contribution < 1.29 is 9.66 Å². The number of aromatic nitrogens is 1. The van der Waals surface area contributed by atoms with Crippen molar-refractivity contribution in [1.29, 1.82) is 0 Å². The number of hydrogen-bond donors (Lipinski definition) is 1. The lowest BCUT2D eigenvalue weighted by molar-refractivity contribution is -0.384. The van der Waals surface area contributed by atoms with Crippen LogP contribution in [0, 0.1) is 10.1 Å². The van der Waals surface area contributed by atoms with E-state index in [2.05, 4.69) is 10.3 Å². The minimum absolute atomic E-state index is 0.0850. The summed E-state index contributed by atoms with van der Waals surface area (Å²) in [5.41, 5.74) is 0.938.